The molecular weight excluding hydrogens is 252 g/mol. The zero-order chi connectivity index (χ0) is 13.5. The molecule has 6 heteroatoms. The third-order valence-corrected chi connectivity index (χ3v) is 4.60. The Hall–Kier alpha value is -1.66. The van der Waals surface area contributed by atoms with E-state index in [2.05, 4.69) is 37.3 Å². The molecule has 2 aliphatic heterocycles. The van der Waals surface area contributed by atoms with E-state index in [1.807, 2.05) is 12.3 Å². The van der Waals surface area contributed by atoms with Gasteiger partial charge in [0.2, 0.25) is 0 Å². The number of hydrogen-bond donors (Lipinski definition) is 2. The number of aromatic nitrogens is 3. The van der Waals surface area contributed by atoms with Gasteiger partial charge in [0.1, 0.15) is 12.0 Å². The van der Waals surface area contributed by atoms with Crippen molar-refractivity contribution in [3.05, 3.63) is 18.6 Å². The van der Waals surface area contributed by atoms with Crippen molar-refractivity contribution in [2.24, 2.45) is 11.8 Å². The van der Waals surface area contributed by atoms with Gasteiger partial charge < -0.3 is 15.3 Å². The van der Waals surface area contributed by atoms with Gasteiger partial charge in [-0.2, -0.15) is 0 Å². The molecule has 6 nitrogen and oxygen atoms in total. The first kappa shape index (κ1) is 12.1. The molecule has 4 rings (SSSR count). The van der Waals surface area contributed by atoms with Gasteiger partial charge in [-0.1, -0.05) is 0 Å². The largest absolute Gasteiger partial charge is 0.346 e. The minimum atomic E-state index is 0.782. The number of rotatable bonds is 2. The monoisotopic (exact) mass is 272 g/mol. The fourth-order valence-corrected chi connectivity index (χ4v) is 3.62. The van der Waals surface area contributed by atoms with E-state index in [-0.39, 0.29) is 0 Å². The lowest BCUT2D eigenvalue weighted by Gasteiger charge is -2.34. The van der Waals surface area contributed by atoms with Crippen LogP contribution in [0.3, 0.4) is 0 Å². The highest BCUT2D eigenvalue weighted by Crippen LogP contribution is 2.30. The highest BCUT2D eigenvalue weighted by Gasteiger charge is 2.35. The minimum Gasteiger partial charge on any atom is -0.346 e. The molecule has 4 heterocycles. The summed E-state index contributed by atoms with van der Waals surface area (Å²) in [6.45, 7) is 4.66. The SMILES string of the molecule is CN1CC2CCN(Nc3ncnc4[nH]ccc34)CC2C1. The number of likely N-dealkylation sites (tertiary alicyclic amines) is 1. The van der Waals surface area contributed by atoms with Crippen molar-refractivity contribution >= 4 is 16.9 Å². The maximum Gasteiger partial charge on any atom is 0.153 e. The van der Waals surface area contributed by atoms with E-state index in [0.717, 1.165) is 41.8 Å². The molecule has 2 N–H and O–H groups in total. The molecule has 0 bridgehead atoms. The van der Waals surface area contributed by atoms with E-state index >= 15 is 0 Å². The zero-order valence-corrected chi connectivity index (χ0v) is 11.7. The predicted molar refractivity (Wildman–Crippen MR) is 78.2 cm³/mol. The summed E-state index contributed by atoms with van der Waals surface area (Å²) < 4.78 is 0. The van der Waals surface area contributed by atoms with Crippen molar-refractivity contribution in [1.29, 1.82) is 0 Å². The zero-order valence-electron chi connectivity index (χ0n) is 11.7. The average Bonchev–Trinajstić information content (AvgIpc) is 3.03. The number of fused-ring (bicyclic) bond motifs is 2. The maximum absolute atomic E-state index is 4.38. The standard InChI is InChI=1S/C14H20N6/c1-19-6-10-3-5-20(8-11(10)7-19)18-14-12-2-4-15-13(12)16-9-17-14/h2,4,9-11H,3,5-8H2,1H3,(H2,15,16,17,18). The number of piperidine rings is 1. The van der Waals surface area contributed by atoms with Gasteiger partial charge in [-0.3, -0.25) is 0 Å². The lowest BCUT2D eigenvalue weighted by Crippen LogP contribution is -2.43. The topological polar surface area (TPSA) is 60.1 Å². The van der Waals surface area contributed by atoms with E-state index in [0.29, 0.717) is 0 Å². The van der Waals surface area contributed by atoms with Crippen molar-refractivity contribution in [3.63, 3.8) is 0 Å². The van der Waals surface area contributed by atoms with E-state index < -0.39 is 0 Å². The molecule has 0 radical (unpaired) electrons. The van der Waals surface area contributed by atoms with Gasteiger partial charge >= 0.3 is 0 Å². The summed E-state index contributed by atoms with van der Waals surface area (Å²) in [5.41, 5.74) is 4.37. The molecule has 20 heavy (non-hydrogen) atoms. The number of anilines is 1. The fraction of sp³-hybridized carbons (Fsp3) is 0.571. The normalized spacial score (nSPS) is 27.9. The molecule has 2 aromatic heterocycles. The number of aromatic amines is 1. The Balaban J connectivity index is 1.51. The van der Waals surface area contributed by atoms with Crippen LogP contribution in [-0.4, -0.2) is 58.1 Å². The fourth-order valence-electron chi connectivity index (χ4n) is 3.62. The maximum atomic E-state index is 4.38. The first-order valence-electron chi connectivity index (χ1n) is 7.28. The molecule has 2 unspecified atom stereocenters. The number of hydrazine groups is 1. The van der Waals surface area contributed by atoms with Crippen molar-refractivity contribution in [3.8, 4) is 0 Å². The molecule has 2 aromatic rings. The predicted octanol–water partition coefficient (Wildman–Crippen LogP) is 1.17. The van der Waals surface area contributed by atoms with E-state index in [1.54, 1.807) is 6.33 Å². The number of H-pyrrole nitrogens is 1. The summed E-state index contributed by atoms with van der Waals surface area (Å²) in [6.07, 6.45) is 4.78. The summed E-state index contributed by atoms with van der Waals surface area (Å²) in [6, 6.07) is 2.02. The van der Waals surface area contributed by atoms with Crippen molar-refractivity contribution < 1.29 is 0 Å². The smallest absolute Gasteiger partial charge is 0.153 e. The Labute approximate surface area is 118 Å². The van der Waals surface area contributed by atoms with Gasteiger partial charge in [-0.15, -0.1) is 0 Å². The van der Waals surface area contributed by atoms with Crippen LogP contribution in [0.1, 0.15) is 6.42 Å². The van der Waals surface area contributed by atoms with Crippen LogP contribution < -0.4 is 5.43 Å². The second kappa shape index (κ2) is 4.71. The van der Waals surface area contributed by atoms with Crippen LogP contribution in [0, 0.1) is 11.8 Å². The number of nitrogens with one attached hydrogen (secondary N) is 2. The highest BCUT2D eigenvalue weighted by molar-refractivity contribution is 5.86. The number of nitrogens with zero attached hydrogens (tertiary/aromatic N) is 4. The molecule has 0 saturated carbocycles. The molecular formula is C14H20N6. The quantitative estimate of drug-likeness (QED) is 0.859. The average molecular weight is 272 g/mol. The van der Waals surface area contributed by atoms with E-state index in [1.165, 1.54) is 19.5 Å². The van der Waals surface area contributed by atoms with Gasteiger partial charge in [0, 0.05) is 32.4 Å². The molecule has 2 atom stereocenters. The van der Waals surface area contributed by atoms with Crippen molar-refractivity contribution in [1.82, 2.24) is 24.9 Å². The second-order valence-electron chi connectivity index (χ2n) is 6.05. The third-order valence-electron chi connectivity index (χ3n) is 4.60. The number of hydrogen-bond acceptors (Lipinski definition) is 5. The Kier molecular flexibility index (Phi) is 2.85. The molecule has 0 spiro atoms. The molecule has 106 valence electrons. The lowest BCUT2D eigenvalue weighted by atomic mass is 9.89. The molecule has 0 aliphatic carbocycles. The van der Waals surface area contributed by atoms with Crippen LogP contribution in [0.5, 0.6) is 0 Å². The Morgan fingerprint density at radius 2 is 2.15 bits per heavy atom. The third kappa shape index (κ3) is 2.05. The first-order valence-corrected chi connectivity index (χ1v) is 7.28. The van der Waals surface area contributed by atoms with Crippen LogP contribution >= 0.6 is 0 Å². The Morgan fingerprint density at radius 1 is 1.25 bits per heavy atom. The first-order chi connectivity index (χ1) is 9.79. The summed E-state index contributed by atoms with van der Waals surface area (Å²) in [4.78, 5) is 14.2. The molecule has 2 aliphatic rings. The van der Waals surface area contributed by atoms with Crippen molar-refractivity contribution in [2.75, 3.05) is 38.7 Å². The summed E-state index contributed by atoms with van der Waals surface area (Å²) in [7, 11) is 2.23. The van der Waals surface area contributed by atoms with Gasteiger partial charge in [0.25, 0.3) is 0 Å². The van der Waals surface area contributed by atoms with E-state index in [4.69, 9.17) is 0 Å². The van der Waals surface area contributed by atoms with Crippen molar-refractivity contribution in [2.45, 2.75) is 6.42 Å². The van der Waals surface area contributed by atoms with Crippen LogP contribution in [-0.2, 0) is 0 Å². The molecule has 0 aromatic carbocycles. The highest BCUT2D eigenvalue weighted by atomic mass is 15.5. The summed E-state index contributed by atoms with van der Waals surface area (Å²) >= 11 is 0. The Morgan fingerprint density at radius 3 is 3.10 bits per heavy atom. The van der Waals surface area contributed by atoms with Gasteiger partial charge in [0.05, 0.1) is 5.39 Å². The molecule has 0 amide bonds. The molecule has 2 saturated heterocycles. The lowest BCUT2D eigenvalue weighted by molar-refractivity contribution is 0.176. The second-order valence-corrected chi connectivity index (χ2v) is 6.05. The molecule has 2 fully saturated rings. The van der Waals surface area contributed by atoms with Gasteiger partial charge in [-0.05, 0) is 31.4 Å². The minimum absolute atomic E-state index is 0.782. The summed E-state index contributed by atoms with van der Waals surface area (Å²) in [5.74, 6) is 2.56. The Bertz CT molecular complexity index is 608. The van der Waals surface area contributed by atoms with Crippen LogP contribution in [0.2, 0.25) is 0 Å². The van der Waals surface area contributed by atoms with Crippen LogP contribution in [0.25, 0.3) is 11.0 Å². The van der Waals surface area contributed by atoms with Gasteiger partial charge in [0.15, 0.2) is 5.82 Å². The van der Waals surface area contributed by atoms with E-state index in [9.17, 15) is 0 Å². The summed E-state index contributed by atoms with van der Waals surface area (Å²) in [5, 5.41) is 3.37. The van der Waals surface area contributed by atoms with Crippen LogP contribution in [0.15, 0.2) is 18.6 Å². The van der Waals surface area contributed by atoms with Gasteiger partial charge in [-0.25, -0.2) is 15.0 Å². The van der Waals surface area contributed by atoms with Crippen LogP contribution in [0.4, 0.5) is 5.82 Å².